The first-order valence-electron chi connectivity index (χ1n) is 13.1. The van der Waals surface area contributed by atoms with Crippen LogP contribution in [0.2, 0.25) is 0 Å². The number of amides is 2. The van der Waals surface area contributed by atoms with Crippen LogP contribution in [0.1, 0.15) is 50.0 Å². The van der Waals surface area contributed by atoms with E-state index in [0.717, 1.165) is 5.56 Å². The first-order chi connectivity index (χ1) is 20.0. The van der Waals surface area contributed by atoms with Crippen molar-refractivity contribution in [1.82, 2.24) is 34.2 Å². The Morgan fingerprint density at radius 2 is 1.66 bits per heavy atom. The molecule has 206 valence electrons. The molecule has 3 aromatic heterocycles. The summed E-state index contributed by atoms with van der Waals surface area (Å²) in [5.74, 6) is -0.658. The third-order valence-electron chi connectivity index (χ3n) is 6.60. The molecule has 0 aliphatic carbocycles. The van der Waals surface area contributed by atoms with Crippen molar-refractivity contribution < 1.29 is 23.9 Å². The summed E-state index contributed by atoms with van der Waals surface area (Å²) >= 11 is 0. The molecule has 2 amide bonds. The minimum atomic E-state index is -0.501. The van der Waals surface area contributed by atoms with Crippen molar-refractivity contribution in [1.29, 1.82) is 0 Å². The molecule has 0 bridgehead atoms. The van der Waals surface area contributed by atoms with Crippen molar-refractivity contribution in [2.75, 3.05) is 13.2 Å². The lowest BCUT2D eigenvalue weighted by Gasteiger charge is -2.14. The van der Waals surface area contributed by atoms with Crippen LogP contribution < -0.4 is 4.74 Å². The molecule has 0 saturated heterocycles. The van der Waals surface area contributed by atoms with Crippen molar-refractivity contribution in [3.05, 3.63) is 95.6 Å². The summed E-state index contributed by atoms with van der Waals surface area (Å²) < 4.78 is 14.3. The van der Waals surface area contributed by atoms with Gasteiger partial charge in [-0.15, -0.1) is 0 Å². The first kappa shape index (κ1) is 25.9. The van der Waals surface area contributed by atoms with Crippen LogP contribution in [0.25, 0.3) is 17.1 Å². The Balaban J connectivity index is 1.27. The van der Waals surface area contributed by atoms with Crippen molar-refractivity contribution >= 4 is 28.9 Å². The van der Waals surface area contributed by atoms with Crippen LogP contribution in [0.15, 0.2) is 73.3 Å². The van der Waals surface area contributed by atoms with Crippen LogP contribution in [-0.4, -0.2) is 65.1 Å². The minimum Gasteiger partial charge on any atom is -0.471 e. The van der Waals surface area contributed by atoms with Gasteiger partial charge in [0.05, 0.1) is 35.8 Å². The maximum absolute atomic E-state index is 12.7. The van der Waals surface area contributed by atoms with Gasteiger partial charge in [0.1, 0.15) is 6.61 Å². The molecule has 0 unspecified atom stereocenters. The number of nitrogens with zero attached hydrogens (tertiary/aromatic N) is 7. The molecule has 0 radical (unpaired) electrons. The van der Waals surface area contributed by atoms with Crippen molar-refractivity contribution in [2.45, 2.75) is 26.5 Å². The molecule has 5 aromatic rings. The van der Waals surface area contributed by atoms with Gasteiger partial charge in [-0.05, 0) is 31.0 Å². The summed E-state index contributed by atoms with van der Waals surface area (Å²) in [4.78, 5) is 52.6. The number of esters is 1. The zero-order valence-corrected chi connectivity index (χ0v) is 22.1. The van der Waals surface area contributed by atoms with Crippen molar-refractivity contribution in [3.63, 3.8) is 0 Å². The molecule has 12 heteroatoms. The fourth-order valence-electron chi connectivity index (χ4n) is 4.59. The van der Waals surface area contributed by atoms with E-state index in [4.69, 9.17) is 9.47 Å². The molecular weight excluding hydrogens is 526 g/mol. The van der Waals surface area contributed by atoms with Gasteiger partial charge in [0, 0.05) is 19.3 Å². The number of aryl methyl sites for hydroxylation is 1. The highest BCUT2D eigenvalue weighted by molar-refractivity contribution is 6.21. The molecule has 41 heavy (non-hydrogen) atoms. The normalized spacial score (nSPS) is 12.7. The second-order valence-corrected chi connectivity index (χ2v) is 9.27. The Hall–Kier alpha value is -5.39. The summed E-state index contributed by atoms with van der Waals surface area (Å²) in [6.07, 6.45) is 4.97. The Bertz CT molecular complexity index is 1730. The van der Waals surface area contributed by atoms with Gasteiger partial charge in [-0.1, -0.05) is 42.5 Å². The number of carbonyl (C=O) groups excluding carboxylic acids is 3. The summed E-state index contributed by atoms with van der Waals surface area (Å²) in [6.45, 7) is 2.89. The minimum absolute atomic E-state index is 0.179. The van der Waals surface area contributed by atoms with E-state index in [-0.39, 0.29) is 49.0 Å². The molecule has 4 heterocycles. The number of hydrogen-bond acceptors (Lipinski definition) is 9. The Morgan fingerprint density at radius 1 is 0.927 bits per heavy atom. The monoisotopic (exact) mass is 551 g/mol. The largest absolute Gasteiger partial charge is 0.471 e. The van der Waals surface area contributed by atoms with Gasteiger partial charge in [0.15, 0.2) is 11.2 Å². The van der Waals surface area contributed by atoms with Gasteiger partial charge in [-0.2, -0.15) is 15.1 Å². The molecule has 0 atom stereocenters. The van der Waals surface area contributed by atoms with Crippen LogP contribution in [0.3, 0.4) is 0 Å². The fourth-order valence-corrected chi connectivity index (χ4v) is 4.59. The lowest BCUT2D eigenvalue weighted by molar-refractivity contribution is 0.0525. The maximum Gasteiger partial charge on any atom is 0.341 e. The van der Waals surface area contributed by atoms with Crippen LogP contribution >= 0.6 is 0 Å². The van der Waals surface area contributed by atoms with E-state index in [1.807, 2.05) is 34.9 Å². The highest BCUT2D eigenvalue weighted by atomic mass is 16.5. The van der Waals surface area contributed by atoms with Crippen LogP contribution in [0, 0.1) is 0 Å². The Labute approximate surface area is 234 Å². The van der Waals surface area contributed by atoms with E-state index < -0.39 is 5.97 Å². The van der Waals surface area contributed by atoms with E-state index in [9.17, 15) is 14.4 Å². The van der Waals surface area contributed by atoms with Crippen molar-refractivity contribution in [3.8, 4) is 11.8 Å². The molecule has 1 aliphatic rings. The summed E-state index contributed by atoms with van der Waals surface area (Å²) in [5.41, 5.74) is 2.98. The molecule has 2 aromatic carbocycles. The second-order valence-electron chi connectivity index (χ2n) is 9.27. The van der Waals surface area contributed by atoms with Gasteiger partial charge in [-0.3, -0.25) is 14.5 Å². The van der Waals surface area contributed by atoms with Gasteiger partial charge in [-0.25, -0.2) is 14.5 Å². The van der Waals surface area contributed by atoms with Gasteiger partial charge in [0.25, 0.3) is 17.8 Å². The zero-order chi connectivity index (χ0) is 28.3. The zero-order valence-electron chi connectivity index (χ0n) is 22.1. The molecule has 6 rings (SSSR count). The van der Waals surface area contributed by atoms with E-state index in [1.165, 1.54) is 22.0 Å². The Kier molecular flexibility index (Phi) is 6.94. The van der Waals surface area contributed by atoms with E-state index in [2.05, 4.69) is 20.1 Å². The highest BCUT2D eigenvalue weighted by Crippen LogP contribution is 2.25. The van der Waals surface area contributed by atoms with E-state index in [0.29, 0.717) is 35.3 Å². The van der Waals surface area contributed by atoms with E-state index in [1.54, 1.807) is 37.5 Å². The number of carbonyl (C=O) groups is 3. The molecule has 0 saturated carbocycles. The molecule has 0 spiro atoms. The summed E-state index contributed by atoms with van der Waals surface area (Å²) in [5, 5.41) is 4.24. The van der Waals surface area contributed by atoms with Crippen LogP contribution in [-0.2, 0) is 17.9 Å². The third kappa shape index (κ3) is 5.02. The number of ether oxygens (including phenoxy) is 2. The summed E-state index contributed by atoms with van der Waals surface area (Å²) in [7, 11) is 0. The topological polar surface area (TPSA) is 134 Å². The molecule has 12 nitrogen and oxygen atoms in total. The number of fused-ring (bicyclic) bond motifs is 2. The highest BCUT2D eigenvalue weighted by Gasteiger charge is 2.34. The SMILES string of the molecule is CCOC(=O)c1cnn(-c2nc(OCc3ccccc3)c3ncn(CCCN4C(=O)c5ccccc5C4=O)c3n2)c1. The second kappa shape index (κ2) is 11.0. The number of hydrogen-bond donors (Lipinski definition) is 0. The van der Waals surface area contributed by atoms with E-state index >= 15 is 0 Å². The quantitative estimate of drug-likeness (QED) is 0.189. The standard InChI is InChI=1S/C29H25N7O5/c1-2-40-28(39)20-15-31-36(16-20)29-32-24-23(25(33-29)41-17-19-9-4-3-5-10-19)30-18-34(24)13-8-14-35-26(37)21-11-6-7-12-22(21)27(35)38/h3-7,9-12,15-16,18H,2,8,13-14,17H2,1H3. The molecule has 1 aliphatic heterocycles. The lowest BCUT2D eigenvalue weighted by atomic mass is 10.1. The predicted octanol–water partition coefficient (Wildman–Crippen LogP) is 3.45. The average molecular weight is 552 g/mol. The predicted molar refractivity (Wildman–Crippen MR) is 146 cm³/mol. The van der Waals surface area contributed by atoms with Crippen LogP contribution in [0.5, 0.6) is 5.88 Å². The Morgan fingerprint density at radius 3 is 2.39 bits per heavy atom. The van der Waals surface area contributed by atoms with Crippen LogP contribution in [0.4, 0.5) is 0 Å². The number of aromatic nitrogens is 6. The van der Waals surface area contributed by atoms with Gasteiger partial charge < -0.3 is 14.0 Å². The summed E-state index contributed by atoms with van der Waals surface area (Å²) in [6, 6.07) is 16.5. The molecule has 0 N–H and O–H groups in total. The van der Waals surface area contributed by atoms with Crippen molar-refractivity contribution in [2.24, 2.45) is 0 Å². The number of rotatable bonds is 10. The number of imidazole rings is 1. The first-order valence-corrected chi connectivity index (χ1v) is 13.1. The van der Waals surface area contributed by atoms with Gasteiger partial charge in [0.2, 0.25) is 5.88 Å². The smallest absolute Gasteiger partial charge is 0.341 e. The number of benzene rings is 2. The third-order valence-corrected chi connectivity index (χ3v) is 6.60. The maximum atomic E-state index is 12.7. The molecule has 0 fully saturated rings. The fraction of sp³-hybridized carbons (Fsp3) is 0.207. The average Bonchev–Trinajstić information content (AvgIpc) is 3.71. The molecular formula is C29H25N7O5. The lowest BCUT2D eigenvalue weighted by Crippen LogP contribution is -2.31. The number of imide groups is 1. The van der Waals surface area contributed by atoms with Gasteiger partial charge >= 0.3 is 5.97 Å².